The molecule has 1 aromatic rings. The van der Waals surface area contributed by atoms with E-state index in [0.29, 0.717) is 5.92 Å². The average molecular weight is 344 g/mol. The van der Waals surface area contributed by atoms with Gasteiger partial charge in [-0.25, -0.2) is 9.97 Å². The molecule has 25 heavy (non-hydrogen) atoms. The van der Waals surface area contributed by atoms with Crippen molar-refractivity contribution < 1.29 is 9.90 Å². The van der Waals surface area contributed by atoms with Crippen LogP contribution in [0.5, 0.6) is 0 Å². The van der Waals surface area contributed by atoms with Crippen LogP contribution in [0.15, 0.2) is 6.07 Å². The van der Waals surface area contributed by atoms with Gasteiger partial charge in [0.2, 0.25) is 5.95 Å². The van der Waals surface area contributed by atoms with Gasteiger partial charge in [0.05, 0.1) is 0 Å². The Kier molecular flexibility index (Phi) is 4.18. The zero-order valence-electron chi connectivity index (χ0n) is 15.2. The Hall–Kier alpha value is -1.69. The lowest BCUT2D eigenvalue weighted by Crippen LogP contribution is -2.42. The van der Waals surface area contributed by atoms with Gasteiger partial charge in [-0.3, -0.25) is 9.69 Å². The zero-order chi connectivity index (χ0) is 17.6. The van der Waals surface area contributed by atoms with Crippen LogP contribution in [0.3, 0.4) is 0 Å². The van der Waals surface area contributed by atoms with Crippen molar-refractivity contribution in [3.05, 3.63) is 17.5 Å². The van der Waals surface area contributed by atoms with Crippen LogP contribution >= 0.6 is 0 Å². The Morgan fingerprint density at radius 3 is 2.56 bits per heavy atom. The molecule has 2 aliphatic heterocycles. The summed E-state index contributed by atoms with van der Waals surface area (Å²) in [6.45, 7) is 4.80. The monoisotopic (exact) mass is 344 g/mol. The van der Waals surface area contributed by atoms with E-state index in [1.165, 1.54) is 25.0 Å². The summed E-state index contributed by atoms with van der Waals surface area (Å²) in [5.74, 6) is 0.809. The number of carboxylic acid groups (broad SMARTS) is 1. The number of hydrogen-bond acceptors (Lipinski definition) is 5. The van der Waals surface area contributed by atoms with Gasteiger partial charge in [0, 0.05) is 36.9 Å². The number of piperidine rings is 1. The van der Waals surface area contributed by atoms with Crippen molar-refractivity contribution in [2.45, 2.75) is 57.4 Å². The molecule has 6 heteroatoms. The molecule has 1 saturated carbocycles. The first-order valence-corrected chi connectivity index (χ1v) is 9.49. The predicted octanol–water partition coefficient (Wildman–Crippen LogP) is 2.43. The van der Waals surface area contributed by atoms with Crippen LogP contribution < -0.4 is 4.90 Å². The van der Waals surface area contributed by atoms with Crippen LogP contribution in [0.25, 0.3) is 0 Å². The topological polar surface area (TPSA) is 69.6 Å². The lowest BCUT2D eigenvalue weighted by Gasteiger charge is -2.39. The summed E-state index contributed by atoms with van der Waals surface area (Å²) in [6, 6.07) is 1.81. The number of likely N-dealkylation sites (N-methyl/N-ethyl adjacent to an activating group) is 1. The maximum absolute atomic E-state index is 11.4. The van der Waals surface area contributed by atoms with Gasteiger partial charge < -0.3 is 10.0 Å². The van der Waals surface area contributed by atoms with Crippen molar-refractivity contribution in [1.29, 1.82) is 0 Å². The Morgan fingerprint density at radius 1 is 1.28 bits per heavy atom. The molecular weight excluding hydrogens is 316 g/mol. The largest absolute Gasteiger partial charge is 0.480 e. The number of aryl methyl sites for hydroxylation is 1. The molecule has 1 spiro atoms. The van der Waals surface area contributed by atoms with E-state index in [9.17, 15) is 9.90 Å². The maximum atomic E-state index is 11.4. The third-order valence-corrected chi connectivity index (χ3v) is 6.52. The summed E-state index contributed by atoms with van der Waals surface area (Å²) in [5.41, 5.74) is 2.41. The lowest BCUT2D eigenvalue weighted by atomic mass is 9.76. The summed E-state index contributed by atoms with van der Waals surface area (Å²) in [6.07, 6.45) is 6.64. The number of carboxylic acids is 1. The second-order valence-electron chi connectivity index (χ2n) is 8.32. The Morgan fingerprint density at radius 2 is 2.00 bits per heavy atom. The van der Waals surface area contributed by atoms with Crippen molar-refractivity contribution in [2.75, 3.05) is 31.6 Å². The SMILES string of the molecule is Cc1cc(C2CCC2)nc(N2CCC3(CC2)C[C@H](C(=O)O)N(C)C3)n1. The second-order valence-corrected chi connectivity index (χ2v) is 8.32. The van der Waals surface area contributed by atoms with E-state index in [0.717, 1.165) is 50.5 Å². The summed E-state index contributed by atoms with van der Waals surface area (Å²) in [5, 5.41) is 9.40. The van der Waals surface area contributed by atoms with Crippen molar-refractivity contribution in [2.24, 2.45) is 5.41 Å². The number of carbonyl (C=O) groups is 1. The Labute approximate surface area is 149 Å². The van der Waals surface area contributed by atoms with Crippen LogP contribution in [-0.4, -0.2) is 58.7 Å². The van der Waals surface area contributed by atoms with E-state index in [1.54, 1.807) is 0 Å². The lowest BCUT2D eigenvalue weighted by molar-refractivity contribution is -0.141. The van der Waals surface area contributed by atoms with Gasteiger partial charge in [0.1, 0.15) is 6.04 Å². The Balaban J connectivity index is 1.46. The zero-order valence-corrected chi connectivity index (χ0v) is 15.2. The highest BCUT2D eigenvalue weighted by Gasteiger charge is 2.47. The van der Waals surface area contributed by atoms with Crippen LogP contribution in [-0.2, 0) is 4.79 Å². The predicted molar refractivity (Wildman–Crippen MR) is 95.9 cm³/mol. The maximum Gasteiger partial charge on any atom is 0.320 e. The van der Waals surface area contributed by atoms with Crippen molar-refractivity contribution in [1.82, 2.24) is 14.9 Å². The van der Waals surface area contributed by atoms with Gasteiger partial charge in [-0.05, 0) is 57.6 Å². The van der Waals surface area contributed by atoms with Crippen LogP contribution in [0.2, 0.25) is 0 Å². The summed E-state index contributed by atoms with van der Waals surface area (Å²) < 4.78 is 0. The third kappa shape index (κ3) is 3.12. The minimum atomic E-state index is -0.686. The van der Waals surface area contributed by atoms with E-state index in [2.05, 4.69) is 22.9 Å². The molecule has 3 fully saturated rings. The molecule has 6 nitrogen and oxygen atoms in total. The van der Waals surface area contributed by atoms with E-state index in [1.807, 2.05) is 11.9 Å². The molecule has 1 aromatic heterocycles. The quantitative estimate of drug-likeness (QED) is 0.908. The van der Waals surface area contributed by atoms with E-state index >= 15 is 0 Å². The molecule has 1 atom stereocenters. The number of hydrogen-bond donors (Lipinski definition) is 1. The first-order chi connectivity index (χ1) is 12.0. The van der Waals surface area contributed by atoms with Gasteiger partial charge in [-0.15, -0.1) is 0 Å². The summed E-state index contributed by atoms with van der Waals surface area (Å²) in [4.78, 5) is 25.3. The molecule has 0 bridgehead atoms. The van der Waals surface area contributed by atoms with Crippen molar-refractivity contribution >= 4 is 11.9 Å². The minimum absolute atomic E-state index is 0.148. The summed E-state index contributed by atoms with van der Waals surface area (Å²) >= 11 is 0. The fourth-order valence-corrected chi connectivity index (χ4v) is 4.72. The molecular formula is C19H28N4O2. The highest BCUT2D eigenvalue weighted by atomic mass is 16.4. The van der Waals surface area contributed by atoms with Gasteiger partial charge in [-0.1, -0.05) is 6.42 Å². The first kappa shape index (κ1) is 16.8. The minimum Gasteiger partial charge on any atom is -0.480 e. The fraction of sp³-hybridized carbons (Fsp3) is 0.737. The van der Waals surface area contributed by atoms with Gasteiger partial charge in [-0.2, -0.15) is 0 Å². The molecule has 0 unspecified atom stereocenters. The highest BCUT2D eigenvalue weighted by Crippen LogP contribution is 2.43. The third-order valence-electron chi connectivity index (χ3n) is 6.52. The van der Waals surface area contributed by atoms with E-state index < -0.39 is 5.97 Å². The first-order valence-electron chi connectivity index (χ1n) is 9.49. The molecule has 3 aliphatic rings. The molecule has 0 aromatic carbocycles. The standard InChI is InChI=1S/C19H28N4O2/c1-13-10-15(14-4-3-5-14)21-18(20-13)23-8-6-19(7-9-23)11-16(17(24)25)22(2)12-19/h10,14,16H,3-9,11-12H2,1-2H3,(H,24,25)/t16-/m1/s1. The number of aromatic nitrogens is 2. The molecule has 4 rings (SSSR count). The molecule has 1 aliphatic carbocycles. The average Bonchev–Trinajstić information content (AvgIpc) is 2.82. The number of rotatable bonds is 3. The normalized spacial score (nSPS) is 26.8. The van der Waals surface area contributed by atoms with E-state index in [4.69, 9.17) is 4.98 Å². The molecule has 0 radical (unpaired) electrons. The number of nitrogens with zero attached hydrogens (tertiary/aromatic N) is 4. The van der Waals surface area contributed by atoms with Crippen LogP contribution in [0.1, 0.15) is 55.8 Å². The molecule has 0 amide bonds. The molecule has 136 valence electrons. The molecule has 2 saturated heterocycles. The van der Waals surface area contributed by atoms with Crippen LogP contribution in [0, 0.1) is 12.3 Å². The molecule has 3 heterocycles. The van der Waals surface area contributed by atoms with Gasteiger partial charge in [0.15, 0.2) is 0 Å². The van der Waals surface area contributed by atoms with Gasteiger partial charge in [0.25, 0.3) is 0 Å². The smallest absolute Gasteiger partial charge is 0.320 e. The fourth-order valence-electron chi connectivity index (χ4n) is 4.72. The molecule has 1 N–H and O–H groups in total. The van der Waals surface area contributed by atoms with E-state index in [-0.39, 0.29) is 11.5 Å². The van der Waals surface area contributed by atoms with Gasteiger partial charge >= 0.3 is 5.97 Å². The Bertz CT molecular complexity index is 665. The number of anilines is 1. The van der Waals surface area contributed by atoms with Crippen LogP contribution in [0.4, 0.5) is 5.95 Å². The number of likely N-dealkylation sites (tertiary alicyclic amines) is 1. The second kappa shape index (κ2) is 6.24. The number of aliphatic carboxylic acids is 1. The summed E-state index contributed by atoms with van der Waals surface area (Å²) in [7, 11) is 1.94. The highest BCUT2D eigenvalue weighted by molar-refractivity contribution is 5.74. The van der Waals surface area contributed by atoms with Crippen molar-refractivity contribution in [3.63, 3.8) is 0 Å². The van der Waals surface area contributed by atoms with Crippen molar-refractivity contribution in [3.8, 4) is 0 Å².